The van der Waals surface area contributed by atoms with Gasteiger partial charge in [-0.15, -0.1) is 0 Å². The van der Waals surface area contributed by atoms with Crippen LogP contribution >= 0.6 is 11.8 Å². The predicted octanol–water partition coefficient (Wildman–Crippen LogP) is 2.38. The monoisotopic (exact) mass is 454 g/mol. The molecule has 2 rings (SSSR count). The molecule has 0 saturated carbocycles. The maximum atomic E-state index is 13.1. The highest BCUT2D eigenvalue weighted by Gasteiger charge is 2.48. The number of ether oxygens (including phenoxy) is 1. The van der Waals surface area contributed by atoms with Crippen LogP contribution in [0.1, 0.15) is 27.7 Å². The van der Waals surface area contributed by atoms with Gasteiger partial charge in [0, 0.05) is 17.0 Å². The number of benzene rings is 1. The van der Waals surface area contributed by atoms with Gasteiger partial charge in [0.15, 0.2) is 0 Å². The fraction of sp³-hybridized carbons (Fsp3) is 0.571. The zero-order valence-electron chi connectivity index (χ0n) is 18.1. The second-order valence-electron chi connectivity index (χ2n) is 7.64. The van der Waals surface area contributed by atoms with Crippen LogP contribution in [0.5, 0.6) is 5.75 Å². The number of carboxylic acids is 1. The van der Waals surface area contributed by atoms with E-state index in [9.17, 15) is 18.3 Å². The highest BCUT2D eigenvalue weighted by molar-refractivity contribution is 8.00. The van der Waals surface area contributed by atoms with E-state index in [0.717, 1.165) is 10.8 Å². The molecule has 1 N–H and O–H groups in total. The maximum absolute atomic E-state index is 13.1. The Kier molecular flexibility index (Phi) is 8.22. The molecule has 1 heterocycles. The lowest BCUT2D eigenvalue weighted by molar-refractivity contribution is -0.142. The number of sulfonamides is 1. The van der Waals surface area contributed by atoms with E-state index in [2.05, 4.69) is 23.7 Å². The molecule has 0 bridgehead atoms. The van der Waals surface area contributed by atoms with Crippen molar-refractivity contribution in [3.05, 3.63) is 24.3 Å². The maximum Gasteiger partial charge on any atom is 0.323 e. The van der Waals surface area contributed by atoms with Gasteiger partial charge < -0.3 is 9.84 Å². The molecule has 1 saturated heterocycles. The van der Waals surface area contributed by atoms with E-state index in [0.29, 0.717) is 11.5 Å². The van der Waals surface area contributed by atoms with Crippen LogP contribution in [0.15, 0.2) is 29.2 Å². The molecule has 0 radical (unpaired) electrons. The summed E-state index contributed by atoms with van der Waals surface area (Å²) in [4.78, 5) is 14.0. The van der Waals surface area contributed by atoms with Crippen LogP contribution in [0.3, 0.4) is 0 Å². The van der Waals surface area contributed by atoms with Gasteiger partial charge in [-0.05, 0) is 58.6 Å². The average Bonchev–Trinajstić information content (AvgIpc) is 2.69. The average molecular weight is 455 g/mol. The highest BCUT2D eigenvalue weighted by Crippen LogP contribution is 2.38. The zero-order valence-corrected chi connectivity index (χ0v) is 19.7. The summed E-state index contributed by atoms with van der Waals surface area (Å²) in [5.74, 6) is 5.97. The molecule has 30 heavy (non-hydrogen) atoms. The number of hydrogen-bond donors (Lipinski definition) is 1. The minimum absolute atomic E-state index is 0.0491. The van der Waals surface area contributed by atoms with E-state index < -0.39 is 26.8 Å². The van der Waals surface area contributed by atoms with Gasteiger partial charge in [0.1, 0.15) is 18.4 Å². The highest BCUT2D eigenvalue weighted by atomic mass is 32.2. The minimum atomic E-state index is -3.94. The fourth-order valence-corrected chi connectivity index (χ4v) is 6.27. The lowest BCUT2D eigenvalue weighted by Crippen LogP contribution is -2.58. The molecule has 1 fully saturated rings. The number of rotatable bonds is 7. The predicted molar refractivity (Wildman–Crippen MR) is 119 cm³/mol. The van der Waals surface area contributed by atoms with Crippen LogP contribution in [0.4, 0.5) is 0 Å². The lowest BCUT2D eigenvalue weighted by Gasteiger charge is -2.42. The fourth-order valence-electron chi connectivity index (χ4n) is 3.17. The van der Waals surface area contributed by atoms with Crippen molar-refractivity contribution in [3.8, 4) is 17.6 Å². The normalized spacial score (nSPS) is 20.3. The summed E-state index contributed by atoms with van der Waals surface area (Å²) in [5.41, 5.74) is 0. The Labute approximate surface area is 183 Å². The first-order chi connectivity index (χ1) is 14.0. The molecule has 2 atom stereocenters. The molecule has 166 valence electrons. The van der Waals surface area contributed by atoms with Crippen molar-refractivity contribution >= 4 is 27.8 Å². The molecule has 1 aliphatic rings. The Morgan fingerprint density at radius 3 is 2.60 bits per heavy atom. The van der Waals surface area contributed by atoms with Crippen molar-refractivity contribution in [3.63, 3.8) is 0 Å². The quantitative estimate of drug-likeness (QED) is 0.633. The second-order valence-corrected chi connectivity index (χ2v) is 11.3. The van der Waals surface area contributed by atoms with Crippen LogP contribution in [-0.2, 0) is 14.8 Å². The third kappa shape index (κ3) is 5.70. The second kappa shape index (κ2) is 10.1. The van der Waals surface area contributed by atoms with Crippen LogP contribution in [0.25, 0.3) is 0 Å². The summed E-state index contributed by atoms with van der Waals surface area (Å²) in [6, 6.07) is 5.01. The zero-order chi connectivity index (χ0) is 22.5. The van der Waals surface area contributed by atoms with Crippen LogP contribution in [0, 0.1) is 11.8 Å². The first kappa shape index (κ1) is 24.5. The Balaban J connectivity index is 2.11. The van der Waals surface area contributed by atoms with Gasteiger partial charge in [0.05, 0.1) is 10.9 Å². The van der Waals surface area contributed by atoms with Crippen LogP contribution < -0.4 is 4.74 Å². The first-order valence-electron chi connectivity index (χ1n) is 9.80. The molecule has 0 spiro atoms. The molecule has 0 aromatic heterocycles. The van der Waals surface area contributed by atoms with Gasteiger partial charge in [-0.1, -0.05) is 18.8 Å². The van der Waals surface area contributed by atoms with Crippen molar-refractivity contribution in [2.24, 2.45) is 0 Å². The molecular formula is C21H30N2O5S2. The molecule has 1 aromatic carbocycles. The number of thioether (sulfide) groups is 1. The smallest absolute Gasteiger partial charge is 0.323 e. The van der Waals surface area contributed by atoms with Crippen LogP contribution in [0.2, 0.25) is 0 Å². The Morgan fingerprint density at radius 1 is 1.40 bits per heavy atom. The van der Waals surface area contributed by atoms with E-state index in [1.807, 2.05) is 14.0 Å². The molecule has 7 nitrogen and oxygen atoms in total. The summed E-state index contributed by atoms with van der Waals surface area (Å²) in [7, 11) is -1.95. The number of carbonyl (C=O) groups is 1. The van der Waals surface area contributed by atoms with Gasteiger partial charge >= 0.3 is 5.97 Å². The Bertz CT molecular complexity index is 904. The standard InChI is InChI=1S/C21H30N2O5S2/c1-6-22(5)16(2)8-7-14-28-17-9-11-18(12-10-17)30(26,27)23-13-15-29-21(3,4)19(23)20(24)25/h9-12,16,19H,6,13-15H2,1-5H3,(H,24,25). The van der Waals surface area contributed by atoms with Gasteiger partial charge in [-0.3, -0.25) is 9.69 Å². The van der Waals surface area contributed by atoms with Crippen LogP contribution in [-0.4, -0.2) is 78.0 Å². The SMILES string of the molecule is CCN(C)C(C)C#CCOc1ccc(S(=O)(=O)N2CCSC(C)(C)C2C(=O)O)cc1. The Hall–Kier alpha value is -1.73. The molecular weight excluding hydrogens is 424 g/mol. The third-order valence-corrected chi connectivity index (χ3v) is 8.41. The van der Waals surface area contributed by atoms with Crippen molar-refractivity contribution < 1.29 is 23.1 Å². The third-order valence-electron chi connectivity index (χ3n) is 5.18. The van der Waals surface area contributed by atoms with Crippen molar-refractivity contribution in [2.75, 3.05) is 32.5 Å². The Morgan fingerprint density at radius 2 is 2.03 bits per heavy atom. The van der Waals surface area contributed by atoms with Gasteiger partial charge in [-0.25, -0.2) is 8.42 Å². The number of nitrogens with zero attached hydrogens (tertiary/aromatic N) is 2. The number of carboxylic acid groups (broad SMARTS) is 1. The topological polar surface area (TPSA) is 87.2 Å². The van der Waals surface area contributed by atoms with Crippen molar-refractivity contribution in [2.45, 2.75) is 49.4 Å². The number of hydrogen-bond acceptors (Lipinski definition) is 6. The van der Waals surface area contributed by atoms with Gasteiger partial charge in [0.25, 0.3) is 0 Å². The van der Waals surface area contributed by atoms with Crippen molar-refractivity contribution in [1.29, 1.82) is 0 Å². The molecule has 9 heteroatoms. The van der Waals surface area contributed by atoms with Gasteiger partial charge in [0.2, 0.25) is 10.0 Å². The van der Waals surface area contributed by atoms with Gasteiger partial charge in [-0.2, -0.15) is 16.1 Å². The largest absolute Gasteiger partial charge is 0.481 e. The molecule has 0 aliphatic carbocycles. The molecule has 2 unspecified atom stereocenters. The van der Waals surface area contributed by atoms with E-state index in [4.69, 9.17) is 4.74 Å². The lowest BCUT2D eigenvalue weighted by atomic mass is 10.0. The first-order valence-corrected chi connectivity index (χ1v) is 12.2. The summed E-state index contributed by atoms with van der Waals surface area (Å²) in [5, 5.41) is 9.65. The summed E-state index contributed by atoms with van der Waals surface area (Å²) >= 11 is 1.47. The van der Waals surface area contributed by atoms with Crippen molar-refractivity contribution in [1.82, 2.24) is 9.21 Å². The molecule has 1 aliphatic heterocycles. The summed E-state index contributed by atoms with van der Waals surface area (Å²) in [6.07, 6.45) is 0. The summed E-state index contributed by atoms with van der Waals surface area (Å²) < 4.78 is 32.2. The van der Waals surface area contributed by atoms with E-state index in [-0.39, 0.29) is 24.1 Å². The van der Waals surface area contributed by atoms with E-state index in [1.54, 1.807) is 26.0 Å². The number of aliphatic carboxylic acids is 1. The van der Waals surface area contributed by atoms with E-state index in [1.165, 1.54) is 23.9 Å². The molecule has 0 amide bonds. The minimum Gasteiger partial charge on any atom is -0.481 e. The summed E-state index contributed by atoms with van der Waals surface area (Å²) in [6.45, 7) is 8.86. The van der Waals surface area contributed by atoms with E-state index >= 15 is 0 Å². The molecule has 1 aromatic rings.